The van der Waals surface area contributed by atoms with E-state index in [9.17, 15) is 0 Å². The van der Waals surface area contributed by atoms with Crippen LogP contribution < -0.4 is 5.73 Å². The van der Waals surface area contributed by atoms with Gasteiger partial charge in [0.2, 0.25) is 0 Å². The monoisotopic (exact) mass is 203 g/mol. The molecule has 0 saturated heterocycles. The van der Waals surface area contributed by atoms with Crippen LogP contribution >= 0.6 is 0 Å². The number of hydrogen-bond acceptors (Lipinski definition) is 2. The summed E-state index contributed by atoms with van der Waals surface area (Å²) in [5.74, 6) is 6.19. The molecule has 1 aromatic rings. The Bertz CT molecular complexity index is 393. The third kappa shape index (κ3) is 2.40. The number of aryl methyl sites for hydroxylation is 1. The maximum Gasteiger partial charge on any atom is 0.138 e. The topological polar surface area (TPSA) is 54.7 Å². The molecule has 1 aliphatic carbocycles. The van der Waals surface area contributed by atoms with Gasteiger partial charge in [0.15, 0.2) is 0 Å². The average Bonchev–Trinajstić information content (AvgIpc) is 2.62. The number of hydrogen-bond donors (Lipinski definition) is 2. The summed E-state index contributed by atoms with van der Waals surface area (Å²) in [5, 5.41) is 7.34. The van der Waals surface area contributed by atoms with Crippen molar-refractivity contribution in [1.29, 1.82) is 0 Å². The van der Waals surface area contributed by atoms with Crippen molar-refractivity contribution in [3.8, 4) is 11.8 Å². The molecule has 80 valence electrons. The van der Waals surface area contributed by atoms with Gasteiger partial charge in [-0.05, 0) is 38.5 Å². The van der Waals surface area contributed by atoms with Crippen molar-refractivity contribution in [2.75, 3.05) is 0 Å². The summed E-state index contributed by atoms with van der Waals surface area (Å²) in [6.45, 7) is 1.97. The lowest BCUT2D eigenvalue weighted by Gasteiger charge is -2.08. The second-order valence-corrected chi connectivity index (χ2v) is 4.22. The lowest BCUT2D eigenvalue weighted by Crippen LogP contribution is -2.12. The maximum atomic E-state index is 5.64. The second kappa shape index (κ2) is 4.50. The van der Waals surface area contributed by atoms with Crippen LogP contribution in [-0.2, 0) is 12.8 Å². The largest absolute Gasteiger partial charge is 0.327 e. The zero-order valence-corrected chi connectivity index (χ0v) is 9.14. The van der Waals surface area contributed by atoms with E-state index in [4.69, 9.17) is 5.73 Å². The molecule has 0 radical (unpaired) electrons. The van der Waals surface area contributed by atoms with Crippen molar-refractivity contribution in [1.82, 2.24) is 10.2 Å². The summed E-state index contributed by atoms with van der Waals surface area (Å²) < 4.78 is 0. The van der Waals surface area contributed by atoms with E-state index >= 15 is 0 Å². The fraction of sp³-hybridized carbons (Fsp3) is 0.583. The molecule has 3 nitrogen and oxygen atoms in total. The van der Waals surface area contributed by atoms with Gasteiger partial charge in [-0.2, -0.15) is 5.10 Å². The molecule has 1 aliphatic rings. The van der Waals surface area contributed by atoms with Crippen LogP contribution in [0.1, 0.15) is 43.1 Å². The molecule has 3 heteroatoms. The van der Waals surface area contributed by atoms with Gasteiger partial charge < -0.3 is 5.73 Å². The van der Waals surface area contributed by atoms with E-state index in [-0.39, 0.29) is 6.04 Å². The summed E-state index contributed by atoms with van der Waals surface area (Å²) in [5.41, 5.74) is 9.19. The predicted molar refractivity (Wildman–Crippen MR) is 60.4 cm³/mol. The van der Waals surface area contributed by atoms with E-state index in [0.29, 0.717) is 0 Å². The Hall–Kier alpha value is -1.27. The van der Waals surface area contributed by atoms with Gasteiger partial charge in [-0.15, -0.1) is 0 Å². The minimum absolute atomic E-state index is 0.146. The van der Waals surface area contributed by atoms with E-state index < -0.39 is 0 Å². The minimum atomic E-state index is 0.146. The van der Waals surface area contributed by atoms with Crippen molar-refractivity contribution in [2.24, 2.45) is 5.73 Å². The Labute approximate surface area is 90.4 Å². The highest BCUT2D eigenvalue weighted by Crippen LogP contribution is 2.21. The van der Waals surface area contributed by atoms with E-state index in [1.165, 1.54) is 24.1 Å². The third-order valence-electron chi connectivity index (χ3n) is 2.69. The third-order valence-corrected chi connectivity index (χ3v) is 2.69. The molecule has 0 amide bonds. The van der Waals surface area contributed by atoms with Crippen molar-refractivity contribution >= 4 is 0 Å². The molecule has 0 aromatic carbocycles. The Kier molecular flexibility index (Phi) is 3.08. The maximum absolute atomic E-state index is 5.64. The fourth-order valence-electron chi connectivity index (χ4n) is 1.88. The Morgan fingerprint density at radius 3 is 3.07 bits per heavy atom. The van der Waals surface area contributed by atoms with Crippen LogP contribution in [-0.4, -0.2) is 16.2 Å². The van der Waals surface area contributed by atoms with E-state index in [1.54, 1.807) is 0 Å². The Balaban J connectivity index is 2.14. The molecule has 0 aliphatic heterocycles. The van der Waals surface area contributed by atoms with Crippen LogP contribution in [0.4, 0.5) is 0 Å². The van der Waals surface area contributed by atoms with Gasteiger partial charge in [-0.1, -0.05) is 5.92 Å². The van der Waals surface area contributed by atoms with Crippen molar-refractivity contribution in [2.45, 2.75) is 45.1 Å². The number of nitrogens with one attached hydrogen (secondary N) is 1. The van der Waals surface area contributed by atoms with E-state index in [2.05, 4.69) is 22.0 Å². The summed E-state index contributed by atoms with van der Waals surface area (Å²) >= 11 is 0. The number of nitrogens with zero attached hydrogens (tertiary/aromatic N) is 1. The summed E-state index contributed by atoms with van der Waals surface area (Å²) in [7, 11) is 0. The first-order valence-corrected chi connectivity index (χ1v) is 5.58. The number of aromatic nitrogens is 2. The normalized spacial score (nSPS) is 16.4. The molecule has 0 fully saturated rings. The van der Waals surface area contributed by atoms with E-state index in [0.717, 1.165) is 25.0 Å². The zero-order chi connectivity index (χ0) is 10.7. The fourth-order valence-corrected chi connectivity index (χ4v) is 1.88. The van der Waals surface area contributed by atoms with Gasteiger partial charge in [0, 0.05) is 23.7 Å². The molecule has 1 atom stereocenters. The summed E-state index contributed by atoms with van der Waals surface area (Å²) in [6.07, 6.45) is 5.50. The number of fused-ring (bicyclic) bond motifs is 1. The van der Waals surface area contributed by atoms with Crippen LogP contribution in [0.5, 0.6) is 0 Å². The summed E-state index contributed by atoms with van der Waals surface area (Å²) in [4.78, 5) is 0. The SMILES string of the molecule is C[C@H](N)CC#Cc1n[nH]c2c1CCCC2. The number of aromatic amines is 1. The van der Waals surface area contributed by atoms with Gasteiger partial charge in [0.25, 0.3) is 0 Å². The van der Waals surface area contributed by atoms with Gasteiger partial charge in [-0.3, -0.25) is 5.10 Å². The standard InChI is InChI=1S/C12H17N3/c1-9(13)5-4-8-12-10-6-2-3-7-11(10)14-15-12/h9H,2-3,5-7,13H2,1H3,(H,14,15)/t9-/m0/s1. The molecule has 0 bridgehead atoms. The van der Waals surface area contributed by atoms with E-state index in [1.807, 2.05) is 6.92 Å². The molecule has 3 N–H and O–H groups in total. The molecular formula is C12H17N3. The number of nitrogens with two attached hydrogens (primary N) is 1. The Morgan fingerprint density at radius 1 is 1.47 bits per heavy atom. The molecule has 1 aromatic heterocycles. The van der Waals surface area contributed by atoms with Crippen molar-refractivity contribution in [3.63, 3.8) is 0 Å². The highest BCUT2D eigenvalue weighted by molar-refractivity contribution is 5.39. The van der Waals surface area contributed by atoms with Crippen LogP contribution in [0.2, 0.25) is 0 Å². The number of H-pyrrole nitrogens is 1. The molecule has 15 heavy (non-hydrogen) atoms. The first-order chi connectivity index (χ1) is 7.27. The van der Waals surface area contributed by atoms with Gasteiger partial charge >= 0.3 is 0 Å². The van der Waals surface area contributed by atoms with Gasteiger partial charge in [-0.25, -0.2) is 0 Å². The first kappa shape index (κ1) is 10.3. The second-order valence-electron chi connectivity index (χ2n) is 4.22. The first-order valence-electron chi connectivity index (χ1n) is 5.58. The number of rotatable bonds is 1. The zero-order valence-electron chi connectivity index (χ0n) is 9.14. The van der Waals surface area contributed by atoms with Gasteiger partial charge in [0.05, 0.1) is 0 Å². The molecule has 1 heterocycles. The predicted octanol–water partition coefficient (Wildman–Crippen LogP) is 1.38. The molecule has 2 rings (SSSR count). The highest BCUT2D eigenvalue weighted by Gasteiger charge is 2.14. The van der Waals surface area contributed by atoms with Gasteiger partial charge in [0.1, 0.15) is 5.69 Å². The smallest absolute Gasteiger partial charge is 0.138 e. The van der Waals surface area contributed by atoms with Crippen LogP contribution in [0.15, 0.2) is 0 Å². The Morgan fingerprint density at radius 2 is 2.27 bits per heavy atom. The van der Waals surface area contributed by atoms with Crippen molar-refractivity contribution in [3.05, 3.63) is 17.0 Å². The molecule has 0 saturated carbocycles. The molecule has 0 spiro atoms. The van der Waals surface area contributed by atoms with Crippen LogP contribution in [0.3, 0.4) is 0 Å². The van der Waals surface area contributed by atoms with Crippen LogP contribution in [0.25, 0.3) is 0 Å². The van der Waals surface area contributed by atoms with Crippen molar-refractivity contribution < 1.29 is 0 Å². The lowest BCUT2D eigenvalue weighted by molar-refractivity contribution is 0.674. The van der Waals surface area contributed by atoms with Crippen LogP contribution in [0, 0.1) is 11.8 Å². The summed E-state index contributed by atoms with van der Waals surface area (Å²) in [6, 6.07) is 0.146. The highest BCUT2D eigenvalue weighted by atomic mass is 15.1. The lowest BCUT2D eigenvalue weighted by atomic mass is 9.96. The molecular weight excluding hydrogens is 186 g/mol. The quantitative estimate of drug-likeness (QED) is 0.677. The average molecular weight is 203 g/mol. The molecule has 0 unspecified atom stereocenters. The minimum Gasteiger partial charge on any atom is -0.327 e.